The van der Waals surface area contributed by atoms with Crippen LogP contribution in [0.5, 0.6) is 0 Å². The van der Waals surface area contributed by atoms with Crippen molar-refractivity contribution >= 4 is 51.9 Å². The molecule has 0 bridgehead atoms. The third-order valence-electron chi connectivity index (χ3n) is 5.20. The quantitative estimate of drug-likeness (QED) is 0.145. The predicted molar refractivity (Wildman–Crippen MR) is 132 cm³/mol. The number of aromatic nitrogens is 2. The van der Waals surface area contributed by atoms with Crippen molar-refractivity contribution in [2.24, 2.45) is 10.9 Å². The van der Waals surface area contributed by atoms with E-state index in [-0.39, 0.29) is 40.3 Å². The summed E-state index contributed by atoms with van der Waals surface area (Å²) in [6.07, 6.45) is 9.87. The Morgan fingerprint density at radius 3 is 2.84 bits per heavy atom. The third-order valence-corrected chi connectivity index (χ3v) is 7.02. The van der Waals surface area contributed by atoms with E-state index in [1.165, 1.54) is 4.90 Å². The largest absolute Gasteiger partial charge is 0.477 e. The molecule has 37 heavy (non-hydrogen) atoms. The summed E-state index contributed by atoms with van der Waals surface area (Å²) in [5, 5.41) is 14.9. The first-order chi connectivity index (χ1) is 17.8. The van der Waals surface area contributed by atoms with Crippen molar-refractivity contribution in [1.29, 1.82) is 0 Å². The summed E-state index contributed by atoms with van der Waals surface area (Å²) >= 11 is 2.52. The van der Waals surface area contributed by atoms with Crippen molar-refractivity contribution in [3.05, 3.63) is 53.7 Å². The van der Waals surface area contributed by atoms with Crippen LogP contribution in [-0.4, -0.2) is 83.7 Å². The molecule has 6 N–H and O–H groups in total. The highest BCUT2D eigenvalue weighted by Crippen LogP contribution is 2.40. The molecular weight excluding hydrogens is 529 g/mol. The Bertz CT molecular complexity index is 1240. The van der Waals surface area contributed by atoms with Crippen LogP contribution in [0.2, 0.25) is 0 Å². The second-order valence-corrected chi connectivity index (χ2v) is 9.53. The molecule has 4 aliphatic rings. The number of hydrogen-bond acceptors (Lipinski definition) is 13. The number of nitrogens with one attached hydrogen (secondary N) is 1. The number of nitrogen functional groups attached to an aromatic ring is 1. The molecule has 1 atom stereocenters. The molecule has 0 aromatic carbocycles. The van der Waals surface area contributed by atoms with Gasteiger partial charge in [0.25, 0.3) is 5.91 Å². The number of carboxylic acid groups (broad SMARTS) is 1. The molecule has 5 rings (SSSR count). The molecule has 1 aromatic rings. The molecular formula is C20H22FN9O5S2. The fraction of sp³-hybridized carbons (Fsp3) is 0.300. The Hall–Kier alpha value is -4.12. The smallest absolute Gasteiger partial charge is 0.352 e. The molecule has 0 saturated carbocycles. The van der Waals surface area contributed by atoms with E-state index in [4.69, 9.17) is 11.5 Å². The van der Waals surface area contributed by atoms with Crippen LogP contribution in [0.3, 0.4) is 0 Å². The van der Waals surface area contributed by atoms with Crippen LogP contribution in [0.4, 0.5) is 9.52 Å². The number of primary amides is 1. The summed E-state index contributed by atoms with van der Waals surface area (Å²) < 4.78 is 15.4. The van der Waals surface area contributed by atoms with Crippen LogP contribution in [0.25, 0.3) is 0 Å². The van der Waals surface area contributed by atoms with Gasteiger partial charge in [0, 0.05) is 42.4 Å². The van der Waals surface area contributed by atoms with Crippen molar-refractivity contribution in [2.45, 2.75) is 11.8 Å². The predicted octanol–water partition coefficient (Wildman–Crippen LogP) is -0.112. The number of carbonyl (C=O) groups excluding carboxylic acids is 2. The minimum absolute atomic E-state index is 0.00790. The molecule has 14 nitrogen and oxygen atoms in total. The van der Waals surface area contributed by atoms with E-state index in [2.05, 4.69) is 24.8 Å². The van der Waals surface area contributed by atoms with E-state index in [0.29, 0.717) is 18.7 Å². The number of alkyl halides is 1. The lowest BCUT2D eigenvalue weighted by Crippen LogP contribution is -2.54. The molecule has 1 fully saturated rings. The number of anilines is 1. The number of hydrogen-bond donors (Lipinski definition) is 4. The van der Waals surface area contributed by atoms with E-state index >= 15 is 0 Å². The van der Waals surface area contributed by atoms with Gasteiger partial charge < -0.3 is 31.7 Å². The van der Waals surface area contributed by atoms with E-state index < -0.39 is 18.6 Å². The number of hydrazine groups is 1. The molecule has 0 spiro atoms. The van der Waals surface area contributed by atoms with Crippen LogP contribution in [0.15, 0.2) is 53.0 Å². The van der Waals surface area contributed by atoms with Gasteiger partial charge in [0.2, 0.25) is 17.4 Å². The van der Waals surface area contributed by atoms with Gasteiger partial charge >= 0.3 is 5.97 Å². The highest BCUT2D eigenvalue weighted by atomic mass is 32.2. The number of amides is 2. The van der Waals surface area contributed by atoms with Crippen molar-refractivity contribution in [2.75, 3.05) is 31.3 Å². The van der Waals surface area contributed by atoms with Crippen molar-refractivity contribution in [3.63, 3.8) is 0 Å². The summed E-state index contributed by atoms with van der Waals surface area (Å²) in [7, 11) is 0. The fourth-order valence-electron chi connectivity index (χ4n) is 3.59. The van der Waals surface area contributed by atoms with Crippen molar-refractivity contribution < 1.29 is 28.7 Å². The zero-order valence-electron chi connectivity index (χ0n) is 19.1. The number of halogens is 1. The number of rotatable bonds is 8. The van der Waals surface area contributed by atoms with E-state index in [9.17, 15) is 23.9 Å². The number of aliphatic carboxylic acids is 1. The Morgan fingerprint density at radius 2 is 2.19 bits per heavy atom. The lowest BCUT2D eigenvalue weighted by Gasteiger charge is -2.44. The first-order valence-corrected chi connectivity index (χ1v) is 12.5. The second-order valence-electron chi connectivity index (χ2n) is 7.58. The maximum atomic E-state index is 11.7. The van der Waals surface area contributed by atoms with Gasteiger partial charge in [0.1, 0.15) is 24.8 Å². The van der Waals surface area contributed by atoms with Crippen LogP contribution in [0, 0.1) is 0 Å². The number of β-lactam (4-membered cyclic amide) rings is 1. The molecule has 0 aliphatic carbocycles. The number of oxime groups is 1. The van der Waals surface area contributed by atoms with E-state index in [1.54, 1.807) is 11.8 Å². The second kappa shape index (κ2) is 11.3. The zero-order chi connectivity index (χ0) is 26.5. The molecule has 0 radical (unpaired) electrons. The van der Waals surface area contributed by atoms with Crippen LogP contribution >= 0.6 is 23.3 Å². The topological polar surface area (TPSA) is 193 Å². The minimum Gasteiger partial charge on any atom is -0.477 e. The highest BCUT2D eigenvalue weighted by molar-refractivity contribution is 8.00. The molecule has 2 amide bonds. The molecule has 5 heterocycles. The summed E-state index contributed by atoms with van der Waals surface area (Å²) in [6, 6.07) is 0. The van der Waals surface area contributed by atoms with Crippen LogP contribution < -0.4 is 16.9 Å². The van der Waals surface area contributed by atoms with Gasteiger partial charge in [-0.25, -0.2) is 14.2 Å². The Morgan fingerprint density at radius 1 is 1.38 bits per heavy atom. The van der Waals surface area contributed by atoms with Gasteiger partial charge in [-0.2, -0.15) is 9.36 Å². The normalized spacial score (nSPS) is 19.9. The van der Waals surface area contributed by atoms with Crippen molar-refractivity contribution in [1.82, 2.24) is 29.6 Å². The first kappa shape index (κ1) is 26.0. The molecule has 0 unspecified atom stereocenters. The lowest BCUT2D eigenvalue weighted by atomic mass is 10.1. The molecule has 1 aromatic heterocycles. The SMILES string of the molecule is NC(=O)/C(=N\OCCF)c1nsc(N)n1.O=C(O)C1=C(CN2C=CN3NC=CC=C23)CS[C@H]2CC(=O)N12. The average molecular weight is 552 g/mol. The highest BCUT2D eigenvalue weighted by Gasteiger charge is 2.45. The molecule has 1 saturated heterocycles. The standard InChI is InChI=1S/C14H14N4O3S.C6H8FN5O2S/c19-11-6-12-18(11)13(14(20)21)9(8-22-12)7-16-4-5-17-10(16)2-1-3-15-17;7-1-2-14-11-3(4(8)13)5-10-6(9)15-12-5/h1-5,12,15H,6-8H2,(H,20,21);1-2H2,(H2,8,13)(H2,9,10,12)/b;11-3+/t12-;/m0./s1. The minimum atomic E-state index is -1.02. The number of nitrogens with zero attached hydrogens (tertiary/aromatic N) is 6. The van der Waals surface area contributed by atoms with Gasteiger partial charge in [-0.05, 0) is 17.7 Å². The van der Waals surface area contributed by atoms with Crippen molar-refractivity contribution in [3.8, 4) is 0 Å². The Kier molecular flexibility index (Phi) is 7.92. The number of thioether (sulfide) groups is 1. The molecule has 17 heteroatoms. The maximum absolute atomic E-state index is 11.7. The van der Waals surface area contributed by atoms with Crippen LogP contribution in [-0.2, 0) is 19.2 Å². The monoisotopic (exact) mass is 551 g/mol. The number of nitrogens with two attached hydrogens (primary N) is 2. The summed E-state index contributed by atoms with van der Waals surface area (Å²) in [5.41, 5.74) is 14.0. The zero-order valence-corrected chi connectivity index (χ0v) is 20.7. The number of carboxylic acids is 1. The number of fused-ring (bicyclic) bond motifs is 2. The van der Waals surface area contributed by atoms with Gasteiger partial charge in [0.15, 0.2) is 5.13 Å². The van der Waals surface area contributed by atoms with Gasteiger partial charge in [0.05, 0.1) is 11.8 Å². The summed E-state index contributed by atoms with van der Waals surface area (Å²) in [5.74, 6) is -0.453. The third kappa shape index (κ3) is 5.67. The lowest BCUT2D eigenvalue weighted by molar-refractivity contribution is -0.146. The summed E-state index contributed by atoms with van der Waals surface area (Å²) in [4.78, 5) is 45.8. The number of carbonyl (C=O) groups is 3. The van der Waals surface area contributed by atoms with Gasteiger partial charge in [-0.3, -0.25) is 14.5 Å². The van der Waals surface area contributed by atoms with Crippen LogP contribution in [0.1, 0.15) is 12.2 Å². The molecule has 4 aliphatic heterocycles. The van der Waals surface area contributed by atoms with Gasteiger partial charge in [-0.1, -0.05) is 5.16 Å². The average Bonchev–Trinajstić information content (AvgIpc) is 3.48. The fourth-order valence-corrected chi connectivity index (χ4v) is 5.28. The number of allylic oxidation sites excluding steroid dienone is 2. The van der Waals surface area contributed by atoms with E-state index in [1.807, 2.05) is 40.7 Å². The maximum Gasteiger partial charge on any atom is 0.352 e. The van der Waals surface area contributed by atoms with E-state index in [0.717, 1.165) is 22.9 Å². The summed E-state index contributed by atoms with van der Waals surface area (Å²) in [6.45, 7) is -0.530. The Balaban J connectivity index is 0.000000188. The molecule has 196 valence electrons. The van der Waals surface area contributed by atoms with Gasteiger partial charge in [-0.15, -0.1) is 11.8 Å². The first-order valence-electron chi connectivity index (χ1n) is 10.7. The Labute approximate surface area is 217 Å².